The summed E-state index contributed by atoms with van der Waals surface area (Å²) in [4.78, 5) is 2.18. The lowest BCUT2D eigenvalue weighted by atomic mass is 10.2. The van der Waals surface area contributed by atoms with Gasteiger partial charge in [-0.3, -0.25) is 0 Å². The molecule has 0 aromatic carbocycles. The SMILES string of the molecule is CC(C)=C(C)CN(C)C. The third-order valence-corrected chi connectivity index (χ3v) is 1.41. The van der Waals surface area contributed by atoms with E-state index in [1.165, 1.54) is 11.1 Å². The molecule has 0 aromatic rings. The molecule has 0 bridgehead atoms. The van der Waals surface area contributed by atoms with Crippen LogP contribution in [-0.2, 0) is 0 Å². The van der Waals surface area contributed by atoms with Crippen LogP contribution in [0.5, 0.6) is 0 Å². The average molecular weight is 127 g/mol. The summed E-state index contributed by atoms with van der Waals surface area (Å²) in [6.07, 6.45) is 0. The van der Waals surface area contributed by atoms with Gasteiger partial charge >= 0.3 is 0 Å². The first-order valence-electron chi connectivity index (χ1n) is 3.31. The molecular formula is C8H17N. The van der Waals surface area contributed by atoms with Crippen molar-refractivity contribution < 1.29 is 0 Å². The number of rotatable bonds is 2. The second-order valence-electron chi connectivity index (χ2n) is 3.02. The first-order valence-corrected chi connectivity index (χ1v) is 3.31. The smallest absolute Gasteiger partial charge is 0.0186 e. The van der Waals surface area contributed by atoms with Gasteiger partial charge in [0.2, 0.25) is 0 Å². The molecule has 0 amide bonds. The van der Waals surface area contributed by atoms with Crippen molar-refractivity contribution in [2.24, 2.45) is 0 Å². The molecule has 54 valence electrons. The molecule has 0 atom stereocenters. The highest BCUT2D eigenvalue weighted by atomic mass is 15.0. The molecule has 0 fully saturated rings. The molecule has 0 saturated heterocycles. The molecule has 0 saturated carbocycles. The van der Waals surface area contributed by atoms with Gasteiger partial charge in [0.15, 0.2) is 0 Å². The van der Waals surface area contributed by atoms with Crippen molar-refractivity contribution in [1.29, 1.82) is 0 Å². The molecule has 0 rings (SSSR count). The zero-order valence-corrected chi connectivity index (χ0v) is 7.15. The maximum atomic E-state index is 2.18. The van der Waals surface area contributed by atoms with Gasteiger partial charge in [0.25, 0.3) is 0 Å². The molecule has 0 unspecified atom stereocenters. The number of likely N-dealkylation sites (N-methyl/N-ethyl adjacent to an activating group) is 1. The molecule has 0 aliphatic carbocycles. The molecule has 0 heterocycles. The minimum absolute atomic E-state index is 1.09. The molecule has 1 nitrogen and oxygen atoms in total. The van der Waals surface area contributed by atoms with E-state index >= 15 is 0 Å². The van der Waals surface area contributed by atoms with Crippen molar-refractivity contribution in [3.05, 3.63) is 11.1 Å². The van der Waals surface area contributed by atoms with Crippen molar-refractivity contribution in [3.8, 4) is 0 Å². The van der Waals surface area contributed by atoms with Crippen molar-refractivity contribution in [2.75, 3.05) is 20.6 Å². The molecule has 1 heteroatoms. The van der Waals surface area contributed by atoms with Crippen LogP contribution in [0.2, 0.25) is 0 Å². The van der Waals surface area contributed by atoms with Crippen LogP contribution in [0.4, 0.5) is 0 Å². The minimum Gasteiger partial charge on any atom is -0.305 e. The van der Waals surface area contributed by atoms with Gasteiger partial charge in [-0.2, -0.15) is 0 Å². The molecule has 0 aromatic heterocycles. The van der Waals surface area contributed by atoms with E-state index in [-0.39, 0.29) is 0 Å². The first-order chi connectivity index (χ1) is 4.04. The van der Waals surface area contributed by atoms with Gasteiger partial charge in [-0.05, 0) is 34.9 Å². The first kappa shape index (κ1) is 8.70. The van der Waals surface area contributed by atoms with E-state index in [1.807, 2.05) is 0 Å². The van der Waals surface area contributed by atoms with Gasteiger partial charge in [0.1, 0.15) is 0 Å². The van der Waals surface area contributed by atoms with Crippen molar-refractivity contribution in [1.82, 2.24) is 4.90 Å². The Morgan fingerprint density at radius 1 is 1.11 bits per heavy atom. The average Bonchev–Trinajstić information content (AvgIpc) is 1.63. The highest BCUT2D eigenvalue weighted by Crippen LogP contribution is 2.01. The predicted molar refractivity (Wildman–Crippen MR) is 42.6 cm³/mol. The summed E-state index contributed by atoms with van der Waals surface area (Å²) in [5.41, 5.74) is 2.91. The van der Waals surface area contributed by atoms with E-state index in [9.17, 15) is 0 Å². The van der Waals surface area contributed by atoms with Gasteiger partial charge < -0.3 is 4.90 Å². The summed E-state index contributed by atoms with van der Waals surface area (Å²) in [7, 11) is 4.18. The Kier molecular flexibility index (Phi) is 3.55. The van der Waals surface area contributed by atoms with Gasteiger partial charge in [0, 0.05) is 6.54 Å². The Balaban J connectivity index is 3.77. The largest absolute Gasteiger partial charge is 0.305 e. The number of nitrogens with zero attached hydrogens (tertiary/aromatic N) is 1. The molecule has 0 radical (unpaired) electrons. The van der Waals surface area contributed by atoms with Gasteiger partial charge in [-0.25, -0.2) is 0 Å². The van der Waals surface area contributed by atoms with E-state index < -0.39 is 0 Å². The summed E-state index contributed by atoms with van der Waals surface area (Å²) in [5, 5.41) is 0. The lowest BCUT2D eigenvalue weighted by Gasteiger charge is -2.10. The van der Waals surface area contributed by atoms with Crippen LogP contribution < -0.4 is 0 Å². The maximum absolute atomic E-state index is 2.18. The fourth-order valence-electron chi connectivity index (χ4n) is 0.632. The Labute approximate surface area is 58.4 Å². The lowest BCUT2D eigenvalue weighted by Crippen LogP contribution is -2.14. The lowest BCUT2D eigenvalue weighted by molar-refractivity contribution is 0.443. The van der Waals surface area contributed by atoms with Crippen LogP contribution in [0.25, 0.3) is 0 Å². The molecule has 9 heavy (non-hydrogen) atoms. The number of hydrogen-bond donors (Lipinski definition) is 0. The molecule has 0 N–H and O–H groups in total. The van der Waals surface area contributed by atoms with Crippen molar-refractivity contribution in [2.45, 2.75) is 20.8 Å². The summed E-state index contributed by atoms with van der Waals surface area (Å²) < 4.78 is 0. The van der Waals surface area contributed by atoms with Gasteiger partial charge in [-0.15, -0.1) is 0 Å². The fraction of sp³-hybridized carbons (Fsp3) is 0.750. The normalized spacial score (nSPS) is 10.0. The van der Waals surface area contributed by atoms with Gasteiger partial charge in [0.05, 0.1) is 0 Å². The van der Waals surface area contributed by atoms with Crippen molar-refractivity contribution >= 4 is 0 Å². The Morgan fingerprint density at radius 3 is 1.67 bits per heavy atom. The highest BCUT2D eigenvalue weighted by molar-refractivity contribution is 5.07. The summed E-state index contributed by atoms with van der Waals surface area (Å²) in [6, 6.07) is 0. The minimum atomic E-state index is 1.09. The van der Waals surface area contributed by atoms with Crippen molar-refractivity contribution in [3.63, 3.8) is 0 Å². The highest BCUT2D eigenvalue weighted by Gasteiger charge is 1.92. The summed E-state index contributed by atoms with van der Waals surface area (Å²) >= 11 is 0. The van der Waals surface area contributed by atoms with Crippen LogP contribution >= 0.6 is 0 Å². The van der Waals surface area contributed by atoms with Crippen LogP contribution in [0, 0.1) is 0 Å². The Hall–Kier alpha value is -0.300. The summed E-state index contributed by atoms with van der Waals surface area (Å²) in [6.45, 7) is 7.56. The van der Waals surface area contributed by atoms with E-state index in [0.717, 1.165) is 6.54 Å². The van der Waals surface area contributed by atoms with Gasteiger partial charge in [-0.1, -0.05) is 11.1 Å². The number of allylic oxidation sites excluding steroid dienone is 1. The standard InChI is InChI=1S/C8H17N/c1-7(2)8(3)6-9(4)5/h6H2,1-5H3. The van der Waals surface area contributed by atoms with Crippen LogP contribution in [0.1, 0.15) is 20.8 Å². The molecular weight excluding hydrogens is 110 g/mol. The van der Waals surface area contributed by atoms with E-state index in [4.69, 9.17) is 0 Å². The van der Waals surface area contributed by atoms with Crippen LogP contribution in [0.15, 0.2) is 11.1 Å². The van der Waals surface area contributed by atoms with Crippen LogP contribution in [-0.4, -0.2) is 25.5 Å². The van der Waals surface area contributed by atoms with E-state index in [0.29, 0.717) is 0 Å². The fourth-order valence-corrected chi connectivity index (χ4v) is 0.632. The molecule has 0 aliphatic rings. The second-order valence-corrected chi connectivity index (χ2v) is 3.02. The quantitative estimate of drug-likeness (QED) is 0.512. The zero-order valence-electron chi connectivity index (χ0n) is 7.15. The zero-order chi connectivity index (χ0) is 7.44. The van der Waals surface area contributed by atoms with E-state index in [1.54, 1.807) is 0 Å². The number of hydrogen-bond acceptors (Lipinski definition) is 1. The Morgan fingerprint density at radius 2 is 1.56 bits per heavy atom. The van der Waals surface area contributed by atoms with E-state index in [2.05, 4.69) is 39.8 Å². The van der Waals surface area contributed by atoms with Crippen LogP contribution in [0.3, 0.4) is 0 Å². The third kappa shape index (κ3) is 4.22. The maximum Gasteiger partial charge on any atom is 0.0186 e. The third-order valence-electron chi connectivity index (χ3n) is 1.41. The summed E-state index contributed by atoms with van der Waals surface area (Å²) in [5.74, 6) is 0. The topological polar surface area (TPSA) is 3.24 Å². The molecule has 0 spiro atoms. The Bertz CT molecular complexity index is 108. The molecule has 0 aliphatic heterocycles. The second kappa shape index (κ2) is 3.67. The monoisotopic (exact) mass is 127 g/mol. The predicted octanol–water partition coefficient (Wildman–Crippen LogP) is 1.90.